The largest absolute Gasteiger partial charge is 0.479 e. The fraction of sp³-hybridized carbons (Fsp3) is 0.556. The molecule has 6 heteroatoms. The second-order valence-corrected chi connectivity index (χ2v) is 8.11. The van der Waals surface area contributed by atoms with E-state index in [1.54, 1.807) is 25.1 Å². The average Bonchev–Trinajstić information content (AvgIpc) is 2.95. The molecule has 1 N–H and O–H groups in total. The molecule has 0 aliphatic heterocycles. The third-order valence-electron chi connectivity index (χ3n) is 5.49. The van der Waals surface area contributed by atoms with Gasteiger partial charge < -0.3 is 4.74 Å². The van der Waals surface area contributed by atoms with Crippen molar-refractivity contribution in [1.82, 2.24) is 5.43 Å². The fourth-order valence-electron chi connectivity index (χ4n) is 3.91. The quantitative estimate of drug-likeness (QED) is 0.783. The molecule has 2 aliphatic carbocycles. The van der Waals surface area contributed by atoms with Crippen LogP contribution in [0.1, 0.15) is 40.0 Å². The summed E-state index contributed by atoms with van der Waals surface area (Å²) in [6.45, 7) is 6.27. The van der Waals surface area contributed by atoms with Crippen LogP contribution >= 0.6 is 23.2 Å². The first-order valence-corrected chi connectivity index (χ1v) is 9.02. The topological polar surface area (TPSA) is 50.7 Å². The fourth-order valence-corrected chi connectivity index (χ4v) is 4.36. The van der Waals surface area contributed by atoms with Gasteiger partial charge in [-0.3, -0.25) is 4.79 Å². The number of amides is 1. The van der Waals surface area contributed by atoms with Crippen molar-refractivity contribution >= 4 is 34.8 Å². The number of hydrogen-bond donors (Lipinski definition) is 1. The standard InChI is InChI=1S/C18H22Cl2N2O2/c1-10(24-16-7-5-12(19)9-14(16)20)17(23)22-21-15-8-11-4-6-13(15)18(11,2)3/h5,7,9-11,13H,4,6,8H2,1-3H3,(H,22,23)/b21-15-/t10-,11-,13-/m1/s1. The van der Waals surface area contributed by atoms with Gasteiger partial charge in [-0.15, -0.1) is 0 Å². The minimum Gasteiger partial charge on any atom is -0.479 e. The summed E-state index contributed by atoms with van der Waals surface area (Å²) < 4.78 is 5.61. The Morgan fingerprint density at radius 3 is 2.71 bits per heavy atom. The molecule has 1 aromatic rings. The summed E-state index contributed by atoms with van der Waals surface area (Å²) in [5.41, 5.74) is 4.06. The maximum Gasteiger partial charge on any atom is 0.280 e. The third-order valence-corrected chi connectivity index (χ3v) is 6.02. The van der Waals surface area contributed by atoms with Crippen molar-refractivity contribution in [2.24, 2.45) is 22.4 Å². The van der Waals surface area contributed by atoms with Crippen LogP contribution in [-0.4, -0.2) is 17.7 Å². The second-order valence-electron chi connectivity index (χ2n) is 7.27. The summed E-state index contributed by atoms with van der Waals surface area (Å²) in [6, 6.07) is 4.91. The molecule has 24 heavy (non-hydrogen) atoms. The summed E-state index contributed by atoms with van der Waals surface area (Å²) in [4.78, 5) is 12.2. The molecule has 0 saturated heterocycles. The Morgan fingerprint density at radius 2 is 2.12 bits per heavy atom. The molecule has 130 valence electrons. The lowest BCUT2D eigenvalue weighted by molar-refractivity contribution is -0.127. The van der Waals surface area contributed by atoms with Gasteiger partial charge in [0.2, 0.25) is 0 Å². The molecule has 0 radical (unpaired) electrons. The summed E-state index contributed by atoms with van der Waals surface area (Å²) in [6.07, 6.45) is 2.72. The Kier molecular flexibility index (Phi) is 4.80. The zero-order chi connectivity index (χ0) is 17.5. The highest BCUT2D eigenvalue weighted by Gasteiger charge is 2.51. The smallest absolute Gasteiger partial charge is 0.280 e. The third kappa shape index (κ3) is 3.27. The van der Waals surface area contributed by atoms with Crippen LogP contribution in [0.15, 0.2) is 23.3 Å². The van der Waals surface area contributed by atoms with Crippen LogP contribution in [0.25, 0.3) is 0 Å². The first-order chi connectivity index (χ1) is 11.3. The molecule has 2 bridgehead atoms. The zero-order valence-corrected chi connectivity index (χ0v) is 15.6. The number of carbonyl (C=O) groups excluding carboxylic acids is 1. The van der Waals surface area contributed by atoms with Crippen LogP contribution in [0, 0.1) is 17.3 Å². The number of benzene rings is 1. The van der Waals surface area contributed by atoms with Crippen LogP contribution in [-0.2, 0) is 4.79 Å². The Labute approximate surface area is 152 Å². The molecule has 2 saturated carbocycles. The predicted octanol–water partition coefficient (Wildman–Crippen LogP) is 4.69. The summed E-state index contributed by atoms with van der Waals surface area (Å²) >= 11 is 11.9. The Hall–Kier alpha value is -1.26. The highest BCUT2D eigenvalue weighted by Crippen LogP contribution is 2.55. The molecule has 1 aromatic carbocycles. The van der Waals surface area contributed by atoms with E-state index < -0.39 is 6.10 Å². The highest BCUT2D eigenvalue weighted by atomic mass is 35.5. The molecular formula is C18H22Cl2N2O2. The van der Waals surface area contributed by atoms with Gasteiger partial charge >= 0.3 is 0 Å². The summed E-state index contributed by atoms with van der Waals surface area (Å²) in [5, 5.41) is 5.28. The number of nitrogens with one attached hydrogen (secondary N) is 1. The van der Waals surface area contributed by atoms with E-state index >= 15 is 0 Å². The van der Waals surface area contributed by atoms with E-state index in [2.05, 4.69) is 24.4 Å². The lowest BCUT2D eigenvalue weighted by Crippen LogP contribution is -2.34. The number of halogens is 2. The van der Waals surface area contributed by atoms with E-state index in [-0.39, 0.29) is 5.91 Å². The van der Waals surface area contributed by atoms with Gasteiger partial charge in [0.25, 0.3) is 5.91 Å². The Balaban J connectivity index is 1.60. The molecule has 3 rings (SSSR count). The molecule has 0 spiro atoms. The van der Waals surface area contributed by atoms with Gasteiger partial charge in [-0.05, 0) is 55.7 Å². The molecule has 2 aliphatic rings. The maximum atomic E-state index is 12.2. The highest BCUT2D eigenvalue weighted by molar-refractivity contribution is 6.35. The van der Waals surface area contributed by atoms with E-state index in [9.17, 15) is 4.79 Å². The van der Waals surface area contributed by atoms with Crippen LogP contribution in [0.5, 0.6) is 5.75 Å². The van der Waals surface area contributed by atoms with Crippen molar-refractivity contribution in [3.63, 3.8) is 0 Å². The average molecular weight is 369 g/mol. The number of carbonyl (C=O) groups is 1. The van der Waals surface area contributed by atoms with Gasteiger partial charge in [0.15, 0.2) is 6.10 Å². The summed E-state index contributed by atoms with van der Waals surface area (Å²) in [7, 11) is 0. The van der Waals surface area contributed by atoms with Crippen LogP contribution in [0.4, 0.5) is 0 Å². The number of hydrogen-bond acceptors (Lipinski definition) is 3. The van der Waals surface area contributed by atoms with Crippen molar-refractivity contribution in [3.05, 3.63) is 28.2 Å². The van der Waals surface area contributed by atoms with Crippen molar-refractivity contribution in [3.8, 4) is 5.75 Å². The number of hydrazone groups is 1. The monoisotopic (exact) mass is 368 g/mol. The van der Waals surface area contributed by atoms with Gasteiger partial charge in [0, 0.05) is 16.7 Å². The predicted molar refractivity (Wildman–Crippen MR) is 96.7 cm³/mol. The van der Waals surface area contributed by atoms with Gasteiger partial charge in [-0.1, -0.05) is 37.0 Å². The van der Waals surface area contributed by atoms with Crippen LogP contribution in [0.2, 0.25) is 10.0 Å². The minimum atomic E-state index is -0.695. The van der Waals surface area contributed by atoms with E-state index in [0.29, 0.717) is 33.0 Å². The molecule has 0 heterocycles. The first kappa shape index (κ1) is 17.6. The second kappa shape index (κ2) is 6.57. The lowest BCUT2D eigenvalue weighted by atomic mass is 9.82. The number of fused-ring (bicyclic) bond motifs is 2. The number of rotatable bonds is 4. The molecule has 0 unspecified atom stereocenters. The minimum absolute atomic E-state index is 0.283. The van der Waals surface area contributed by atoms with E-state index in [1.807, 2.05) is 0 Å². The van der Waals surface area contributed by atoms with Gasteiger partial charge in [-0.2, -0.15) is 5.10 Å². The van der Waals surface area contributed by atoms with E-state index in [0.717, 1.165) is 12.1 Å². The van der Waals surface area contributed by atoms with Crippen LogP contribution in [0.3, 0.4) is 0 Å². The maximum absolute atomic E-state index is 12.2. The normalized spacial score (nSPS) is 27.3. The van der Waals surface area contributed by atoms with Crippen molar-refractivity contribution < 1.29 is 9.53 Å². The van der Waals surface area contributed by atoms with E-state index in [4.69, 9.17) is 27.9 Å². The molecule has 3 atom stereocenters. The Bertz CT molecular complexity index is 688. The van der Waals surface area contributed by atoms with Crippen molar-refractivity contribution in [1.29, 1.82) is 0 Å². The number of ether oxygens (including phenoxy) is 1. The van der Waals surface area contributed by atoms with Gasteiger partial charge in [-0.25, -0.2) is 5.43 Å². The SMILES string of the molecule is C[C@@H](Oc1ccc(Cl)cc1Cl)C(=O)N/N=C1/C[C@H]2CC[C@H]1C2(C)C. The summed E-state index contributed by atoms with van der Waals surface area (Å²) in [5.74, 6) is 1.30. The van der Waals surface area contributed by atoms with Crippen molar-refractivity contribution in [2.45, 2.75) is 46.1 Å². The van der Waals surface area contributed by atoms with Crippen LogP contribution < -0.4 is 10.2 Å². The molecule has 1 amide bonds. The van der Waals surface area contributed by atoms with Crippen molar-refractivity contribution in [2.75, 3.05) is 0 Å². The molecular weight excluding hydrogens is 347 g/mol. The first-order valence-electron chi connectivity index (χ1n) is 8.27. The zero-order valence-electron chi connectivity index (χ0n) is 14.1. The van der Waals surface area contributed by atoms with Gasteiger partial charge in [0.05, 0.1) is 5.02 Å². The molecule has 0 aromatic heterocycles. The Morgan fingerprint density at radius 1 is 1.38 bits per heavy atom. The number of nitrogens with zero attached hydrogens (tertiary/aromatic N) is 1. The molecule has 2 fully saturated rings. The molecule has 4 nitrogen and oxygen atoms in total. The lowest BCUT2D eigenvalue weighted by Gasteiger charge is -2.23. The van der Waals surface area contributed by atoms with Gasteiger partial charge in [0.1, 0.15) is 5.75 Å². The van der Waals surface area contributed by atoms with E-state index in [1.165, 1.54) is 12.8 Å².